The van der Waals surface area contributed by atoms with Crippen LogP contribution in [0, 0.1) is 5.92 Å². The minimum atomic E-state index is -0.330. The number of hydrogen-bond acceptors (Lipinski definition) is 3. The lowest BCUT2D eigenvalue weighted by atomic mass is 9.96. The third kappa shape index (κ3) is 1.63. The van der Waals surface area contributed by atoms with E-state index in [1.165, 1.54) is 12.8 Å². The Morgan fingerprint density at radius 2 is 2.17 bits per heavy atom. The first-order chi connectivity index (χ1) is 8.51. The lowest BCUT2D eigenvalue weighted by Gasteiger charge is -2.26. The Morgan fingerprint density at radius 1 is 1.44 bits per heavy atom. The van der Waals surface area contributed by atoms with Crippen molar-refractivity contribution >= 4 is 11.0 Å². The van der Waals surface area contributed by atoms with E-state index in [-0.39, 0.29) is 5.54 Å². The molecule has 0 aliphatic heterocycles. The molecular formula is C14H20N4. The maximum atomic E-state index is 6.54. The molecule has 96 valence electrons. The van der Waals surface area contributed by atoms with E-state index in [2.05, 4.69) is 30.3 Å². The second-order valence-corrected chi connectivity index (χ2v) is 5.82. The molecule has 3 rings (SSSR count). The normalized spacial score (nSPS) is 19.4. The minimum Gasteiger partial charge on any atom is -0.324 e. The van der Waals surface area contributed by atoms with Crippen LogP contribution in [0.25, 0.3) is 11.0 Å². The summed E-state index contributed by atoms with van der Waals surface area (Å²) in [6, 6.07) is 2.38. The number of fused-ring (bicyclic) bond motifs is 1. The quantitative estimate of drug-likeness (QED) is 0.902. The van der Waals surface area contributed by atoms with Crippen LogP contribution in [0.3, 0.4) is 0 Å². The molecule has 2 aromatic heterocycles. The Kier molecular flexibility index (Phi) is 2.45. The molecule has 1 atom stereocenters. The highest BCUT2D eigenvalue weighted by Gasteiger charge is 2.43. The third-order valence-corrected chi connectivity index (χ3v) is 3.92. The molecule has 0 amide bonds. The molecule has 4 nitrogen and oxygen atoms in total. The number of aromatic nitrogens is 3. The maximum absolute atomic E-state index is 6.54. The Bertz CT molecular complexity index is 578. The molecule has 0 radical (unpaired) electrons. The van der Waals surface area contributed by atoms with Crippen LogP contribution >= 0.6 is 0 Å². The van der Waals surface area contributed by atoms with Gasteiger partial charge in [0.05, 0.1) is 17.3 Å². The van der Waals surface area contributed by atoms with Crippen molar-refractivity contribution in [1.29, 1.82) is 0 Å². The van der Waals surface area contributed by atoms with E-state index >= 15 is 0 Å². The molecule has 18 heavy (non-hydrogen) atoms. The van der Waals surface area contributed by atoms with Gasteiger partial charge in [0.25, 0.3) is 0 Å². The molecule has 0 saturated heterocycles. The monoisotopic (exact) mass is 244 g/mol. The Balaban J connectivity index is 2.24. The number of pyridine rings is 1. The van der Waals surface area contributed by atoms with E-state index < -0.39 is 0 Å². The van der Waals surface area contributed by atoms with Crippen molar-refractivity contribution in [3.8, 4) is 0 Å². The second-order valence-electron chi connectivity index (χ2n) is 5.82. The fraction of sp³-hybridized carbons (Fsp3) is 0.571. The van der Waals surface area contributed by atoms with Crippen LogP contribution in [0.2, 0.25) is 0 Å². The number of imidazole rings is 1. The zero-order valence-electron chi connectivity index (χ0n) is 11.2. The van der Waals surface area contributed by atoms with Crippen LogP contribution in [-0.2, 0) is 5.54 Å². The Morgan fingerprint density at radius 3 is 2.78 bits per heavy atom. The van der Waals surface area contributed by atoms with Gasteiger partial charge in [-0.25, -0.2) is 4.98 Å². The van der Waals surface area contributed by atoms with Gasteiger partial charge in [-0.15, -0.1) is 0 Å². The molecule has 2 aromatic rings. The topological polar surface area (TPSA) is 56.7 Å². The van der Waals surface area contributed by atoms with Crippen molar-refractivity contribution in [2.45, 2.75) is 45.2 Å². The summed E-state index contributed by atoms with van der Waals surface area (Å²) in [5.41, 5.74) is 8.29. The highest BCUT2D eigenvalue weighted by molar-refractivity contribution is 5.75. The largest absolute Gasteiger partial charge is 0.324 e. The first-order valence-electron chi connectivity index (χ1n) is 6.63. The first kappa shape index (κ1) is 11.7. The van der Waals surface area contributed by atoms with E-state index in [0.717, 1.165) is 16.9 Å². The van der Waals surface area contributed by atoms with Gasteiger partial charge < -0.3 is 10.3 Å². The highest BCUT2D eigenvalue weighted by Crippen LogP contribution is 2.44. The van der Waals surface area contributed by atoms with Gasteiger partial charge in [-0.1, -0.05) is 0 Å². The highest BCUT2D eigenvalue weighted by atomic mass is 15.1. The number of rotatable bonds is 3. The van der Waals surface area contributed by atoms with Crippen molar-refractivity contribution in [3.63, 3.8) is 0 Å². The predicted octanol–water partition coefficient (Wildman–Crippen LogP) is 2.60. The van der Waals surface area contributed by atoms with Crippen LogP contribution in [0.4, 0.5) is 0 Å². The Hall–Kier alpha value is -1.42. The van der Waals surface area contributed by atoms with Crippen LogP contribution in [0.5, 0.6) is 0 Å². The molecule has 0 spiro atoms. The number of nitrogens with two attached hydrogens (primary N) is 1. The first-order valence-corrected chi connectivity index (χ1v) is 6.63. The zero-order chi connectivity index (χ0) is 12.9. The van der Waals surface area contributed by atoms with E-state index in [0.29, 0.717) is 12.0 Å². The molecule has 1 aliphatic rings. The summed E-state index contributed by atoms with van der Waals surface area (Å²) in [6.07, 6.45) is 6.07. The maximum Gasteiger partial charge on any atom is 0.130 e. The van der Waals surface area contributed by atoms with Gasteiger partial charge in [0, 0.05) is 12.2 Å². The average molecular weight is 244 g/mol. The lowest BCUT2D eigenvalue weighted by molar-refractivity contribution is 0.373. The van der Waals surface area contributed by atoms with Crippen molar-refractivity contribution in [1.82, 2.24) is 14.5 Å². The molecule has 0 aromatic carbocycles. The molecule has 2 N–H and O–H groups in total. The van der Waals surface area contributed by atoms with Crippen molar-refractivity contribution in [2.75, 3.05) is 0 Å². The summed E-state index contributed by atoms with van der Waals surface area (Å²) in [5.74, 6) is 1.57. The third-order valence-electron chi connectivity index (χ3n) is 3.92. The summed E-state index contributed by atoms with van der Waals surface area (Å²) < 4.78 is 2.26. The van der Waals surface area contributed by atoms with Gasteiger partial charge in [0.2, 0.25) is 0 Å². The molecule has 0 bridgehead atoms. The van der Waals surface area contributed by atoms with Crippen LogP contribution in [0.15, 0.2) is 18.5 Å². The fourth-order valence-electron chi connectivity index (χ4n) is 2.72. The number of hydrogen-bond donors (Lipinski definition) is 1. The molecule has 1 unspecified atom stereocenters. The smallest absolute Gasteiger partial charge is 0.130 e. The second kappa shape index (κ2) is 3.79. The minimum absolute atomic E-state index is 0.330. The van der Waals surface area contributed by atoms with Gasteiger partial charge in [-0.05, 0) is 45.6 Å². The fourth-order valence-corrected chi connectivity index (χ4v) is 2.72. The van der Waals surface area contributed by atoms with E-state index in [9.17, 15) is 0 Å². The van der Waals surface area contributed by atoms with Gasteiger partial charge in [0.15, 0.2) is 0 Å². The van der Waals surface area contributed by atoms with E-state index in [1.807, 2.05) is 18.5 Å². The van der Waals surface area contributed by atoms with Gasteiger partial charge in [0.1, 0.15) is 11.3 Å². The van der Waals surface area contributed by atoms with Crippen molar-refractivity contribution in [3.05, 3.63) is 24.3 Å². The molecule has 1 fully saturated rings. The molecule has 4 heteroatoms. The van der Waals surface area contributed by atoms with Crippen molar-refractivity contribution < 1.29 is 0 Å². The summed E-state index contributed by atoms with van der Waals surface area (Å²) in [4.78, 5) is 8.89. The van der Waals surface area contributed by atoms with E-state index in [1.54, 1.807) is 0 Å². The standard InChI is InChI=1S/C14H20N4/c1-9(2)18-12-6-7-16-8-11(12)17-13(18)14(3,15)10-4-5-10/h6-10H,4-5,15H2,1-3H3. The summed E-state index contributed by atoms with van der Waals surface area (Å²) >= 11 is 0. The van der Waals surface area contributed by atoms with Crippen LogP contribution in [-0.4, -0.2) is 14.5 Å². The summed E-state index contributed by atoms with van der Waals surface area (Å²) in [7, 11) is 0. The summed E-state index contributed by atoms with van der Waals surface area (Å²) in [5, 5.41) is 0. The SMILES string of the molecule is CC(C)n1c(C(C)(N)C2CC2)nc2cnccc21. The molecular weight excluding hydrogens is 224 g/mol. The van der Waals surface area contributed by atoms with E-state index in [4.69, 9.17) is 10.7 Å². The molecule has 2 heterocycles. The lowest BCUT2D eigenvalue weighted by Crippen LogP contribution is -2.38. The van der Waals surface area contributed by atoms with Gasteiger partial charge in [-0.3, -0.25) is 4.98 Å². The Labute approximate surface area is 107 Å². The molecule has 1 aliphatic carbocycles. The zero-order valence-corrected chi connectivity index (χ0v) is 11.2. The van der Waals surface area contributed by atoms with Crippen LogP contribution in [0.1, 0.15) is 45.5 Å². The summed E-state index contributed by atoms with van der Waals surface area (Å²) in [6.45, 7) is 6.46. The van der Waals surface area contributed by atoms with Gasteiger partial charge in [-0.2, -0.15) is 0 Å². The predicted molar refractivity (Wildman–Crippen MR) is 72.2 cm³/mol. The van der Waals surface area contributed by atoms with Crippen molar-refractivity contribution in [2.24, 2.45) is 11.7 Å². The molecule has 1 saturated carbocycles. The number of nitrogens with zero attached hydrogens (tertiary/aromatic N) is 3. The van der Waals surface area contributed by atoms with Gasteiger partial charge >= 0.3 is 0 Å². The van der Waals surface area contributed by atoms with Crippen LogP contribution < -0.4 is 5.73 Å². The average Bonchev–Trinajstić information content (AvgIpc) is 3.09.